The van der Waals surface area contributed by atoms with Gasteiger partial charge in [0.05, 0.1) is 12.8 Å². The summed E-state index contributed by atoms with van der Waals surface area (Å²) in [5, 5.41) is 2.71. The van der Waals surface area contributed by atoms with Gasteiger partial charge in [-0.3, -0.25) is 4.79 Å². The second-order valence-corrected chi connectivity index (χ2v) is 7.05. The average molecular weight is 298 g/mol. The van der Waals surface area contributed by atoms with Crippen molar-refractivity contribution < 1.29 is 13.2 Å². The van der Waals surface area contributed by atoms with Crippen LogP contribution in [0.2, 0.25) is 0 Å². The van der Waals surface area contributed by atoms with Crippen molar-refractivity contribution in [3.05, 3.63) is 35.9 Å². The van der Waals surface area contributed by atoms with Gasteiger partial charge in [0.15, 0.2) is 0 Å². The molecule has 1 aromatic rings. The van der Waals surface area contributed by atoms with Crippen LogP contribution in [0.25, 0.3) is 0 Å². The lowest BCUT2D eigenvalue weighted by Gasteiger charge is -2.27. The molecular formula is C14H22N2O3S. The third-order valence-electron chi connectivity index (χ3n) is 2.89. The Morgan fingerprint density at radius 1 is 1.20 bits per heavy atom. The molecule has 1 atom stereocenters. The molecule has 0 aromatic heterocycles. The molecule has 0 bridgehead atoms. The van der Waals surface area contributed by atoms with E-state index in [1.807, 2.05) is 44.2 Å². The van der Waals surface area contributed by atoms with E-state index in [4.69, 9.17) is 0 Å². The Labute approximate surface area is 121 Å². The van der Waals surface area contributed by atoms with Crippen LogP contribution >= 0.6 is 0 Å². The van der Waals surface area contributed by atoms with Crippen LogP contribution in [0.5, 0.6) is 0 Å². The van der Waals surface area contributed by atoms with Crippen molar-refractivity contribution in [3.8, 4) is 0 Å². The standard InChI is InChI=1S/C14H22N2O3S/c1-11(2)15-14(17)10-16(20(4,18)19)12(3)13-8-6-5-7-9-13/h5-9,11-12H,10H2,1-4H3,(H,15,17). The molecule has 0 aliphatic heterocycles. The SMILES string of the molecule is CC(C)NC(=O)CN(C(C)c1ccccc1)S(C)(=O)=O. The van der Waals surface area contributed by atoms with Gasteiger partial charge in [-0.1, -0.05) is 30.3 Å². The Kier molecular flexibility index (Phi) is 5.71. The van der Waals surface area contributed by atoms with Crippen LogP contribution in [0.3, 0.4) is 0 Å². The third kappa shape index (κ3) is 4.94. The van der Waals surface area contributed by atoms with E-state index in [0.717, 1.165) is 11.8 Å². The highest BCUT2D eigenvalue weighted by atomic mass is 32.2. The summed E-state index contributed by atoms with van der Waals surface area (Å²) >= 11 is 0. The maximum absolute atomic E-state index is 11.9. The molecule has 112 valence electrons. The first kappa shape index (κ1) is 16.7. The Morgan fingerprint density at radius 2 is 1.75 bits per heavy atom. The molecule has 1 aromatic carbocycles. The topological polar surface area (TPSA) is 66.5 Å². The molecule has 0 saturated heterocycles. The minimum Gasteiger partial charge on any atom is -0.353 e. The molecular weight excluding hydrogens is 276 g/mol. The van der Waals surface area contributed by atoms with Gasteiger partial charge in [0.2, 0.25) is 15.9 Å². The van der Waals surface area contributed by atoms with Gasteiger partial charge in [0, 0.05) is 12.1 Å². The predicted molar refractivity (Wildman–Crippen MR) is 79.7 cm³/mol. The lowest BCUT2D eigenvalue weighted by Crippen LogP contribution is -2.43. The van der Waals surface area contributed by atoms with E-state index < -0.39 is 10.0 Å². The van der Waals surface area contributed by atoms with E-state index in [0.29, 0.717) is 0 Å². The lowest BCUT2D eigenvalue weighted by atomic mass is 10.1. The van der Waals surface area contributed by atoms with Gasteiger partial charge in [-0.05, 0) is 26.3 Å². The highest BCUT2D eigenvalue weighted by molar-refractivity contribution is 7.88. The molecule has 1 N–H and O–H groups in total. The molecule has 0 fully saturated rings. The van der Waals surface area contributed by atoms with Crippen LogP contribution < -0.4 is 5.32 Å². The van der Waals surface area contributed by atoms with Crippen LogP contribution in [-0.4, -0.2) is 37.5 Å². The summed E-state index contributed by atoms with van der Waals surface area (Å²) < 4.78 is 25.0. The average Bonchev–Trinajstić information content (AvgIpc) is 2.34. The summed E-state index contributed by atoms with van der Waals surface area (Å²) in [6.07, 6.45) is 1.12. The van der Waals surface area contributed by atoms with Crippen LogP contribution in [0, 0.1) is 0 Å². The summed E-state index contributed by atoms with van der Waals surface area (Å²) in [5.41, 5.74) is 0.857. The van der Waals surface area contributed by atoms with Gasteiger partial charge in [-0.15, -0.1) is 0 Å². The first-order valence-corrected chi connectivity index (χ1v) is 8.37. The largest absolute Gasteiger partial charge is 0.353 e. The van der Waals surface area contributed by atoms with Crippen molar-refractivity contribution in [2.24, 2.45) is 0 Å². The highest BCUT2D eigenvalue weighted by Gasteiger charge is 2.26. The maximum Gasteiger partial charge on any atom is 0.235 e. The number of hydrogen-bond acceptors (Lipinski definition) is 3. The van der Waals surface area contributed by atoms with Crippen molar-refractivity contribution in [3.63, 3.8) is 0 Å². The number of nitrogens with zero attached hydrogens (tertiary/aromatic N) is 1. The first-order valence-electron chi connectivity index (χ1n) is 6.53. The van der Waals surface area contributed by atoms with E-state index in [1.54, 1.807) is 6.92 Å². The molecule has 0 spiro atoms. The number of carbonyl (C=O) groups excluding carboxylic acids is 1. The van der Waals surface area contributed by atoms with E-state index in [-0.39, 0.29) is 24.5 Å². The van der Waals surface area contributed by atoms with Crippen LogP contribution in [0.15, 0.2) is 30.3 Å². The van der Waals surface area contributed by atoms with E-state index in [1.165, 1.54) is 4.31 Å². The van der Waals surface area contributed by atoms with Crippen LogP contribution in [0.1, 0.15) is 32.4 Å². The molecule has 5 nitrogen and oxygen atoms in total. The summed E-state index contributed by atoms with van der Waals surface area (Å²) in [6.45, 7) is 5.28. The molecule has 1 amide bonds. The molecule has 0 heterocycles. The number of hydrogen-bond donors (Lipinski definition) is 1. The number of sulfonamides is 1. The molecule has 6 heteroatoms. The highest BCUT2D eigenvalue weighted by Crippen LogP contribution is 2.22. The van der Waals surface area contributed by atoms with Gasteiger partial charge >= 0.3 is 0 Å². The maximum atomic E-state index is 11.9. The Balaban J connectivity index is 2.94. The molecule has 20 heavy (non-hydrogen) atoms. The normalized spacial score (nSPS) is 13.5. The molecule has 1 unspecified atom stereocenters. The zero-order valence-corrected chi connectivity index (χ0v) is 13.1. The van der Waals surface area contributed by atoms with Gasteiger partial charge < -0.3 is 5.32 Å². The van der Waals surface area contributed by atoms with Crippen LogP contribution in [-0.2, 0) is 14.8 Å². The number of amides is 1. The second-order valence-electron chi connectivity index (χ2n) is 5.12. The van der Waals surface area contributed by atoms with Crippen molar-refractivity contribution in [1.29, 1.82) is 0 Å². The quantitative estimate of drug-likeness (QED) is 0.866. The zero-order chi connectivity index (χ0) is 15.3. The van der Waals surface area contributed by atoms with Crippen LogP contribution in [0.4, 0.5) is 0 Å². The molecule has 1 rings (SSSR count). The van der Waals surface area contributed by atoms with E-state index >= 15 is 0 Å². The Hall–Kier alpha value is -1.40. The van der Waals surface area contributed by atoms with Crippen molar-refractivity contribution in [2.45, 2.75) is 32.9 Å². The summed E-state index contributed by atoms with van der Waals surface area (Å²) in [7, 11) is -3.47. The summed E-state index contributed by atoms with van der Waals surface area (Å²) in [5.74, 6) is -0.298. The number of benzene rings is 1. The summed E-state index contributed by atoms with van der Waals surface area (Å²) in [6, 6.07) is 8.86. The van der Waals surface area contributed by atoms with Gasteiger partial charge in [0.1, 0.15) is 0 Å². The van der Waals surface area contributed by atoms with E-state index in [9.17, 15) is 13.2 Å². The van der Waals surface area contributed by atoms with Gasteiger partial charge in [-0.25, -0.2) is 8.42 Å². The molecule has 0 saturated carbocycles. The minimum absolute atomic E-state index is 0.0176. The van der Waals surface area contributed by atoms with Gasteiger partial charge in [0.25, 0.3) is 0 Å². The predicted octanol–water partition coefficient (Wildman–Crippen LogP) is 1.53. The molecule has 0 aliphatic carbocycles. The molecule has 0 aliphatic rings. The molecule has 0 radical (unpaired) electrons. The number of nitrogens with one attached hydrogen (secondary N) is 1. The van der Waals surface area contributed by atoms with Gasteiger partial charge in [-0.2, -0.15) is 4.31 Å². The fourth-order valence-corrected chi connectivity index (χ4v) is 3.00. The third-order valence-corrected chi connectivity index (χ3v) is 4.19. The van der Waals surface area contributed by atoms with Crippen molar-refractivity contribution in [1.82, 2.24) is 9.62 Å². The Bertz CT molecular complexity index is 541. The van der Waals surface area contributed by atoms with Crippen molar-refractivity contribution >= 4 is 15.9 Å². The lowest BCUT2D eigenvalue weighted by molar-refractivity contribution is -0.122. The zero-order valence-electron chi connectivity index (χ0n) is 12.3. The van der Waals surface area contributed by atoms with Crippen molar-refractivity contribution in [2.75, 3.05) is 12.8 Å². The number of rotatable bonds is 6. The summed E-state index contributed by atoms with van der Waals surface area (Å²) in [4.78, 5) is 11.8. The monoisotopic (exact) mass is 298 g/mol. The fraction of sp³-hybridized carbons (Fsp3) is 0.500. The first-order chi connectivity index (χ1) is 9.21. The fourth-order valence-electron chi connectivity index (χ4n) is 1.95. The van der Waals surface area contributed by atoms with E-state index in [2.05, 4.69) is 5.32 Å². The number of carbonyl (C=O) groups is 1. The second kappa shape index (κ2) is 6.85. The minimum atomic E-state index is -3.47. The smallest absolute Gasteiger partial charge is 0.235 e. The Morgan fingerprint density at radius 3 is 2.20 bits per heavy atom.